The molecule has 1 fully saturated rings. The Kier molecular flexibility index (Phi) is 4.50. The predicted molar refractivity (Wildman–Crippen MR) is 71.5 cm³/mol. The molecule has 4 N–H and O–H groups in total. The average Bonchev–Trinajstić information content (AvgIpc) is 2.42. The number of amides is 1. The van der Waals surface area contributed by atoms with Crippen LogP contribution in [-0.2, 0) is 17.9 Å². The van der Waals surface area contributed by atoms with Gasteiger partial charge in [-0.25, -0.2) is 4.39 Å². The lowest BCUT2D eigenvalue weighted by atomic mass is 9.96. The molecule has 0 unspecified atom stereocenters. The molecule has 1 amide bonds. The van der Waals surface area contributed by atoms with E-state index in [1.54, 1.807) is 6.07 Å². The van der Waals surface area contributed by atoms with Crippen LogP contribution < -0.4 is 11.5 Å². The van der Waals surface area contributed by atoms with E-state index in [2.05, 4.69) is 4.90 Å². The zero-order valence-electron chi connectivity index (χ0n) is 10.9. The van der Waals surface area contributed by atoms with E-state index in [9.17, 15) is 9.18 Å². The molecule has 1 heterocycles. The SMILES string of the molecule is NCc1ccc(F)c(CN2CCC(C(N)=O)CC2)c1. The molecule has 1 aliphatic heterocycles. The van der Waals surface area contributed by atoms with E-state index >= 15 is 0 Å². The van der Waals surface area contributed by atoms with Crippen LogP contribution >= 0.6 is 0 Å². The van der Waals surface area contributed by atoms with Crippen molar-refractivity contribution >= 4 is 5.91 Å². The van der Waals surface area contributed by atoms with Gasteiger partial charge in [-0.2, -0.15) is 0 Å². The maximum Gasteiger partial charge on any atom is 0.220 e. The molecule has 5 heteroatoms. The molecule has 1 aromatic carbocycles. The van der Waals surface area contributed by atoms with Crippen molar-refractivity contribution in [2.45, 2.75) is 25.9 Å². The van der Waals surface area contributed by atoms with Gasteiger partial charge in [0.15, 0.2) is 0 Å². The maximum absolute atomic E-state index is 13.7. The number of carbonyl (C=O) groups is 1. The van der Waals surface area contributed by atoms with Crippen LogP contribution in [0.2, 0.25) is 0 Å². The van der Waals surface area contributed by atoms with Crippen molar-refractivity contribution in [3.63, 3.8) is 0 Å². The number of nitrogens with two attached hydrogens (primary N) is 2. The van der Waals surface area contributed by atoms with Crippen LogP contribution in [-0.4, -0.2) is 23.9 Å². The third kappa shape index (κ3) is 3.52. The minimum atomic E-state index is -0.226. The van der Waals surface area contributed by atoms with E-state index in [1.807, 2.05) is 6.07 Å². The first-order valence-electron chi connectivity index (χ1n) is 6.59. The predicted octanol–water partition coefficient (Wildman–Crippen LogP) is 0.982. The Bertz CT molecular complexity index is 456. The summed E-state index contributed by atoms with van der Waals surface area (Å²) in [6.07, 6.45) is 1.51. The molecule has 0 aromatic heterocycles. The largest absolute Gasteiger partial charge is 0.369 e. The number of rotatable bonds is 4. The van der Waals surface area contributed by atoms with Gasteiger partial charge in [0.25, 0.3) is 0 Å². The van der Waals surface area contributed by atoms with Gasteiger partial charge in [-0.1, -0.05) is 12.1 Å². The van der Waals surface area contributed by atoms with Crippen LogP contribution in [0.1, 0.15) is 24.0 Å². The Balaban J connectivity index is 1.97. The number of hydrogen-bond acceptors (Lipinski definition) is 3. The summed E-state index contributed by atoms with van der Waals surface area (Å²) in [5.41, 5.74) is 12.5. The molecule has 0 radical (unpaired) electrons. The van der Waals surface area contributed by atoms with Gasteiger partial charge >= 0.3 is 0 Å². The van der Waals surface area contributed by atoms with Crippen molar-refractivity contribution in [1.29, 1.82) is 0 Å². The summed E-state index contributed by atoms with van der Waals surface area (Å²) in [6, 6.07) is 4.99. The molecular weight excluding hydrogens is 245 g/mol. The molecule has 1 aromatic rings. The molecule has 0 bridgehead atoms. The van der Waals surface area contributed by atoms with Crippen molar-refractivity contribution in [3.8, 4) is 0 Å². The maximum atomic E-state index is 13.7. The van der Waals surface area contributed by atoms with Gasteiger partial charge in [0, 0.05) is 24.6 Å². The lowest BCUT2D eigenvalue weighted by Gasteiger charge is -2.30. The lowest BCUT2D eigenvalue weighted by Crippen LogP contribution is -2.38. The number of piperidine rings is 1. The highest BCUT2D eigenvalue weighted by Crippen LogP contribution is 2.20. The van der Waals surface area contributed by atoms with Crippen LogP contribution in [0.4, 0.5) is 4.39 Å². The van der Waals surface area contributed by atoms with Crippen LogP contribution in [0.3, 0.4) is 0 Å². The van der Waals surface area contributed by atoms with Crippen molar-refractivity contribution in [3.05, 3.63) is 35.1 Å². The third-order valence-electron chi connectivity index (χ3n) is 3.73. The number of nitrogens with zero attached hydrogens (tertiary/aromatic N) is 1. The van der Waals surface area contributed by atoms with Crippen LogP contribution in [0.5, 0.6) is 0 Å². The molecule has 104 valence electrons. The summed E-state index contributed by atoms with van der Waals surface area (Å²) < 4.78 is 13.7. The number of primary amides is 1. The number of hydrogen-bond donors (Lipinski definition) is 2. The summed E-state index contributed by atoms with van der Waals surface area (Å²) in [4.78, 5) is 13.2. The van der Waals surface area contributed by atoms with Gasteiger partial charge in [0.1, 0.15) is 5.82 Å². The highest BCUT2D eigenvalue weighted by atomic mass is 19.1. The number of carbonyl (C=O) groups excluding carboxylic acids is 1. The van der Waals surface area contributed by atoms with Gasteiger partial charge < -0.3 is 11.5 Å². The van der Waals surface area contributed by atoms with E-state index in [1.165, 1.54) is 6.07 Å². The third-order valence-corrected chi connectivity index (χ3v) is 3.73. The molecule has 0 atom stereocenters. The fourth-order valence-electron chi connectivity index (χ4n) is 2.49. The summed E-state index contributed by atoms with van der Waals surface area (Å²) in [5.74, 6) is -0.457. The topological polar surface area (TPSA) is 72.3 Å². The lowest BCUT2D eigenvalue weighted by molar-refractivity contribution is -0.123. The molecule has 0 saturated carbocycles. The Morgan fingerprint density at radius 2 is 2.05 bits per heavy atom. The molecule has 0 spiro atoms. The highest BCUT2D eigenvalue weighted by molar-refractivity contribution is 5.76. The van der Waals surface area contributed by atoms with Crippen molar-refractivity contribution in [1.82, 2.24) is 4.90 Å². The zero-order valence-corrected chi connectivity index (χ0v) is 10.9. The molecule has 1 saturated heterocycles. The first-order chi connectivity index (χ1) is 9.10. The highest BCUT2D eigenvalue weighted by Gasteiger charge is 2.23. The molecule has 1 aliphatic rings. The van der Waals surface area contributed by atoms with Crippen LogP contribution in [0.25, 0.3) is 0 Å². The van der Waals surface area contributed by atoms with Gasteiger partial charge in [0.2, 0.25) is 5.91 Å². The van der Waals surface area contributed by atoms with E-state index in [0.717, 1.165) is 31.5 Å². The number of likely N-dealkylation sites (tertiary alicyclic amines) is 1. The molecule has 2 rings (SSSR count). The monoisotopic (exact) mass is 265 g/mol. The zero-order chi connectivity index (χ0) is 13.8. The Morgan fingerprint density at radius 3 is 2.63 bits per heavy atom. The van der Waals surface area contributed by atoms with E-state index in [4.69, 9.17) is 11.5 Å². The van der Waals surface area contributed by atoms with Crippen molar-refractivity contribution in [2.24, 2.45) is 17.4 Å². The number of halogens is 1. The summed E-state index contributed by atoms with van der Waals surface area (Å²) in [6.45, 7) is 2.53. The van der Waals surface area contributed by atoms with E-state index in [0.29, 0.717) is 18.7 Å². The normalized spacial score (nSPS) is 17.6. The van der Waals surface area contributed by atoms with Crippen molar-refractivity contribution < 1.29 is 9.18 Å². The summed E-state index contributed by atoms with van der Waals surface area (Å²) in [5, 5.41) is 0. The van der Waals surface area contributed by atoms with Gasteiger partial charge in [-0.15, -0.1) is 0 Å². The summed E-state index contributed by atoms with van der Waals surface area (Å²) in [7, 11) is 0. The number of benzene rings is 1. The Morgan fingerprint density at radius 1 is 1.37 bits per heavy atom. The second kappa shape index (κ2) is 6.12. The second-order valence-corrected chi connectivity index (χ2v) is 5.08. The minimum Gasteiger partial charge on any atom is -0.369 e. The van der Waals surface area contributed by atoms with Gasteiger partial charge in [-0.3, -0.25) is 9.69 Å². The smallest absolute Gasteiger partial charge is 0.220 e. The molecular formula is C14H20FN3O. The van der Waals surface area contributed by atoms with E-state index < -0.39 is 0 Å². The average molecular weight is 265 g/mol. The fraction of sp³-hybridized carbons (Fsp3) is 0.500. The first-order valence-corrected chi connectivity index (χ1v) is 6.59. The van der Waals surface area contributed by atoms with Gasteiger partial charge in [-0.05, 0) is 37.6 Å². The van der Waals surface area contributed by atoms with Gasteiger partial charge in [0.05, 0.1) is 0 Å². The summed E-state index contributed by atoms with van der Waals surface area (Å²) >= 11 is 0. The minimum absolute atomic E-state index is 0.0310. The quantitative estimate of drug-likeness (QED) is 0.852. The van der Waals surface area contributed by atoms with Crippen LogP contribution in [0.15, 0.2) is 18.2 Å². The van der Waals surface area contributed by atoms with E-state index in [-0.39, 0.29) is 17.6 Å². The van der Waals surface area contributed by atoms with Crippen molar-refractivity contribution in [2.75, 3.05) is 13.1 Å². The molecule has 4 nitrogen and oxygen atoms in total. The molecule has 19 heavy (non-hydrogen) atoms. The Hall–Kier alpha value is -1.46. The second-order valence-electron chi connectivity index (χ2n) is 5.08. The first kappa shape index (κ1) is 14.0. The fourth-order valence-corrected chi connectivity index (χ4v) is 2.49. The Labute approximate surface area is 112 Å². The molecule has 0 aliphatic carbocycles. The standard InChI is InChI=1S/C14H20FN3O/c15-13-2-1-10(8-16)7-12(13)9-18-5-3-11(4-6-18)14(17)19/h1-2,7,11H,3-6,8-9,16H2,(H2,17,19). The van der Waals surface area contributed by atoms with Crippen LogP contribution in [0, 0.1) is 11.7 Å².